The molecule has 6 heteroatoms. The number of ether oxygens (including phenoxy) is 2. The van der Waals surface area contributed by atoms with Gasteiger partial charge in [0.05, 0.1) is 13.7 Å². The molecule has 0 aliphatic carbocycles. The lowest BCUT2D eigenvalue weighted by molar-refractivity contribution is -0.145. The zero-order valence-electron chi connectivity index (χ0n) is 11.4. The summed E-state index contributed by atoms with van der Waals surface area (Å²) in [4.78, 5) is 22.3. The lowest BCUT2D eigenvalue weighted by Gasteiger charge is -2.13. The van der Waals surface area contributed by atoms with E-state index in [9.17, 15) is 9.59 Å². The van der Waals surface area contributed by atoms with E-state index in [4.69, 9.17) is 10.5 Å². The molecule has 0 amide bonds. The minimum atomic E-state index is -0.558. The van der Waals surface area contributed by atoms with Crippen molar-refractivity contribution in [3.05, 3.63) is 0 Å². The highest BCUT2D eigenvalue weighted by Gasteiger charge is 2.14. The molecule has 0 saturated heterocycles. The SMILES string of the molecule is CCOC(=O)[C@@H](C)NCCCC[C@H](N)C(=O)OC. The van der Waals surface area contributed by atoms with E-state index in [0.29, 0.717) is 19.6 Å². The molecule has 18 heavy (non-hydrogen) atoms. The van der Waals surface area contributed by atoms with Crippen molar-refractivity contribution >= 4 is 11.9 Å². The van der Waals surface area contributed by atoms with Crippen molar-refractivity contribution in [3.8, 4) is 0 Å². The topological polar surface area (TPSA) is 90.6 Å². The molecule has 0 rings (SSSR count). The Labute approximate surface area is 108 Å². The van der Waals surface area contributed by atoms with Crippen molar-refractivity contribution in [1.82, 2.24) is 5.32 Å². The van der Waals surface area contributed by atoms with Gasteiger partial charge in [-0.3, -0.25) is 9.59 Å². The summed E-state index contributed by atoms with van der Waals surface area (Å²) in [6.45, 7) is 4.61. The highest BCUT2D eigenvalue weighted by atomic mass is 16.5. The Bertz CT molecular complexity index is 258. The molecule has 106 valence electrons. The van der Waals surface area contributed by atoms with Gasteiger partial charge in [-0.2, -0.15) is 0 Å². The maximum atomic E-state index is 11.3. The van der Waals surface area contributed by atoms with E-state index in [1.165, 1.54) is 7.11 Å². The Morgan fingerprint density at radius 1 is 1.28 bits per heavy atom. The molecule has 0 aromatic rings. The van der Waals surface area contributed by atoms with Gasteiger partial charge in [-0.15, -0.1) is 0 Å². The second-order valence-electron chi connectivity index (χ2n) is 4.05. The largest absolute Gasteiger partial charge is 0.468 e. The van der Waals surface area contributed by atoms with Crippen LogP contribution in [0.3, 0.4) is 0 Å². The van der Waals surface area contributed by atoms with Crippen molar-refractivity contribution in [2.45, 2.75) is 45.2 Å². The average Bonchev–Trinajstić information content (AvgIpc) is 2.37. The fraction of sp³-hybridized carbons (Fsp3) is 0.833. The van der Waals surface area contributed by atoms with Crippen LogP contribution in [0.15, 0.2) is 0 Å². The quantitative estimate of drug-likeness (QED) is 0.454. The number of hydrogen-bond acceptors (Lipinski definition) is 6. The number of methoxy groups -OCH3 is 1. The highest BCUT2D eigenvalue weighted by molar-refractivity contribution is 5.75. The fourth-order valence-corrected chi connectivity index (χ4v) is 1.43. The van der Waals surface area contributed by atoms with Crippen molar-refractivity contribution in [2.24, 2.45) is 5.73 Å². The van der Waals surface area contributed by atoms with Gasteiger partial charge in [-0.1, -0.05) is 6.42 Å². The van der Waals surface area contributed by atoms with Crippen LogP contribution in [0, 0.1) is 0 Å². The summed E-state index contributed by atoms with van der Waals surface area (Å²) in [5.74, 6) is -0.633. The van der Waals surface area contributed by atoms with Crippen LogP contribution in [0.5, 0.6) is 0 Å². The van der Waals surface area contributed by atoms with Crippen molar-refractivity contribution in [2.75, 3.05) is 20.3 Å². The van der Waals surface area contributed by atoms with E-state index in [-0.39, 0.29) is 18.0 Å². The minimum absolute atomic E-state index is 0.247. The van der Waals surface area contributed by atoms with Crippen LogP contribution in [-0.4, -0.2) is 44.3 Å². The molecule has 0 aliphatic rings. The Morgan fingerprint density at radius 2 is 1.94 bits per heavy atom. The summed E-state index contributed by atoms with van der Waals surface area (Å²) < 4.78 is 9.39. The van der Waals surface area contributed by atoms with Gasteiger partial charge in [0, 0.05) is 0 Å². The second kappa shape index (κ2) is 9.85. The second-order valence-corrected chi connectivity index (χ2v) is 4.05. The third kappa shape index (κ3) is 7.24. The minimum Gasteiger partial charge on any atom is -0.468 e. The maximum absolute atomic E-state index is 11.3. The molecular formula is C12H24N2O4. The monoisotopic (exact) mass is 260 g/mol. The number of nitrogens with two attached hydrogens (primary N) is 1. The van der Waals surface area contributed by atoms with Gasteiger partial charge in [-0.25, -0.2) is 0 Å². The van der Waals surface area contributed by atoms with Crippen LogP contribution >= 0.6 is 0 Å². The van der Waals surface area contributed by atoms with E-state index in [1.54, 1.807) is 13.8 Å². The summed E-state index contributed by atoms with van der Waals surface area (Å²) in [6.07, 6.45) is 2.23. The number of carbonyl (C=O) groups excluding carboxylic acids is 2. The molecule has 0 aliphatic heterocycles. The molecule has 0 heterocycles. The first-order valence-electron chi connectivity index (χ1n) is 6.26. The number of hydrogen-bond donors (Lipinski definition) is 2. The smallest absolute Gasteiger partial charge is 0.322 e. The van der Waals surface area contributed by atoms with Crippen LogP contribution in [0.1, 0.15) is 33.1 Å². The van der Waals surface area contributed by atoms with E-state index < -0.39 is 6.04 Å². The molecule has 0 saturated carbocycles. The Hall–Kier alpha value is -1.14. The number of rotatable bonds is 9. The molecule has 0 bridgehead atoms. The number of carbonyl (C=O) groups is 2. The average molecular weight is 260 g/mol. The Morgan fingerprint density at radius 3 is 2.50 bits per heavy atom. The third-order valence-electron chi connectivity index (χ3n) is 2.54. The lowest BCUT2D eigenvalue weighted by Crippen LogP contribution is -2.36. The predicted molar refractivity (Wildman–Crippen MR) is 67.9 cm³/mol. The summed E-state index contributed by atoms with van der Waals surface area (Å²) >= 11 is 0. The van der Waals surface area contributed by atoms with Gasteiger partial charge in [0.25, 0.3) is 0 Å². The lowest BCUT2D eigenvalue weighted by atomic mass is 10.1. The molecule has 6 nitrogen and oxygen atoms in total. The molecule has 2 atom stereocenters. The van der Waals surface area contributed by atoms with Crippen molar-refractivity contribution < 1.29 is 19.1 Å². The van der Waals surface area contributed by atoms with Crippen LogP contribution < -0.4 is 11.1 Å². The number of nitrogens with one attached hydrogen (secondary N) is 1. The normalized spacial score (nSPS) is 13.8. The molecule has 3 N–H and O–H groups in total. The van der Waals surface area contributed by atoms with Crippen LogP contribution in [0.4, 0.5) is 0 Å². The number of esters is 2. The van der Waals surface area contributed by atoms with Gasteiger partial charge in [0.2, 0.25) is 0 Å². The van der Waals surface area contributed by atoms with Crippen molar-refractivity contribution in [3.63, 3.8) is 0 Å². The maximum Gasteiger partial charge on any atom is 0.322 e. The molecule has 0 unspecified atom stereocenters. The Kier molecular flexibility index (Phi) is 9.22. The fourth-order valence-electron chi connectivity index (χ4n) is 1.43. The van der Waals surface area contributed by atoms with E-state index in [1.807, 2.05) is 0 Å². The third-order valence-corrected chi connectivity index (χ3v) is 2.54. The van der Waals surface area contributed by atoms with Crippen LogP contribution in [0.2, 0.25) is 0 Å². The van der Waals surface area contributed by atoms with Gasteiger partial charge in [0.15, 0.2) is 0 Å². The van der Waals surface area contributed by atoms with Gasteiger partial charge < -0.3 is 20.5 Å². The first-order valence-corrected chi connectivity index (χ1v) is 6.26. The molecule has 0 spiro atoms. The van der Waals surface area contributed by atoms with Gasteiger partial charge >= 0.3 is 11.9 Å². The summed E-state index contributed by atoms with van der Waals surface area (Å²) in [5.41, 5.74) is 5.59. The number of unbranched alkanes of at least 4 members (excludes halogenated alkanes) is 1. The first kappa shape index (κ1) is 16.9. The summed E-state index contributed by atoms with van der Waals surface area (Å²) in [7, 11) is 1.32. The van der Waals surface area contributed by atoms with Gasteiger partial charge in [0.1, 0.15) is 12.1 Å². The molecule has 0 aromatic heterocycles. The van der Waals surface area contributed by atoms with Crippen molar-refractivity contribution in [1.29, 1.82) is 0 Å². The van der Waals surface area contributed by atoms with Crippen LogP contribution in [-0.2, 0) is 19.1 Å². The van der Waals surface area contributed by atoms with Gasteiger partial charge in [-0.05, 0) is 33.2 Å². The first-order chi connectivity index (χ1) is 8.52. The summed E-state index contributed by atoms with van der Waals surface area (Å²) in [5, 5.41) is 3.05. The molecule has 0 aromatic carbocycles. The van der Waals surface area contributed by atoms with Crippen LogP contribution in [0.25, 0.3) is 0 Å². The Balaban J connectivity index is 3.56. The zero-order chi connectivity index (χ0) is 14.0. The molecule has 0 radical (unpaired) electrons. The highest BCUT2D eigenvalue weighted by Crippen LogP contribution is 2.00. The zero-order valence-corrected chi connectivity index (χ0v) is 11.4. The standard InChI is InChI=1S/C12H24N2O4/c1-4-18-11(15)9(2)14-8-6-5-7-10(13)12(16)17-3/h9-10,14H,4-8,13H2,1-3H3/t9-,10+/m1/s1. The van der Waals surface area contributed by atoms with E-state index in [0.717, 1.165) is 12.8 Å². The molecule has 0 fully saturated rings. The van der Waals surface area contributed by atoms with E-state index >= 15 is 0 Å². The summed E-state index contributed by atoms with van der Waals surface area (Å²) in [6, 6.07) is -0.864. The predicted octanol–water partition coefficient (Wildman–Crippen LogP) is 0.198. The van der Waals surface area contributed by atoms with E-state index in [2.05, 4.69) is 10.1 Å². The molecular weight excluding hydrogens is 236 g/mol.